The fourth-order valence-electron chi connectivity index (χ4n) is 3.66. The quantitative estimate of drug-likeness (QED) is 0.499. The van der Waals surface area contributed by atoms with E-state index in [1.165, 1.54) is 0 Å². The fourth-order valence-corrected chi connectivity index (χ4v) is 3.66. The van der Waals surface area contributed by atoms with Gasteiger partial charge in [-0.25, -0.2) is 9.48 Å². The van der Waals surface area contributed by atoms with Crippen LogP contribution in [0.25, 0.3) is 11.0 Å². The monoisotopic (exact) mass is 467 g/mol. The summed E-state index contributed by atoms with van der Waals surface area (Å²) in [6, 6.07) is 13.2. The zero-order valence-electron chi connectivity index (χ0n) is 20.4. The Labute approximate surface area is 199 Å². The molecule has 0 radical (unpaired) electrons. The lowest BCUT2D eigenvalue weighted by Crippen LogP contribution is -2.47. The number of nitrogens with zero attached hydrogens (tertiary/aromatic N) is 3. The molecular formula is C25H33N5O4. The van der Waals surface area contributed by atoms with Crippen LogP contribution >= 0.6 is 0 Å². The van der Waals surface area contributed by atoms with Gasteiger partial charge in [-0.15, -0.1) is 5.10 Å². The van der Waals surface area contributed by atoms with Crippen molar-refractivity contribution in [3.8, 4) is 5.75 Å². The standard InChI is InChI=1S/C25H33N5O4/c1-25(2,3)34-24(32)27-20(23(31)26-4)10-6-8-18-9-7-11-21-22(18)28-29-30(21)16-17-12-14-19(33-5)15-13-17/h7,9,11-15,20H,6,8,10,16H2,1-5H3,(H,26,31)(H,27,32)/t20-/m0/s1. The van der Waals surface area contributed by atoms with Crippen LogP contribution in [0.15, 0.2) is 42.5 Å². The molecule has 0 fully saturated rings. The lowest BCUT2D eigenvalue weighted by Gasteiger charge is -2.23. The third kappa shape index (κ3) is 6.69. The van der Waals surface area contributed by atoms with Gasteiger partial charge in [0.2, 0.25) is 5.91 Å². The smallest absolute Gasteiger partial charge is 0.408 e. The van der Waals surface area contributed by atoms with Gasteiger partial charge in [0.05, 0.1) is 19.2 Å². The summed E-state index contributed by atoms with van der Waals surface area (Å²) in [5.41, 5.74) is 3.30. The van der Waals surface area contributed by atoms with Crippen molar-refractivity contribution in [2.45, 2.75) is 58.2 Å². The van der Waals surface area contributed by atoms with Gasteiger partial charge < -0.3 is 20.1 Å². The SMILES string of the molecule is CNC(=O)[C@H](CCCc1cccc2c1nnn2Cc1ccc(OC)cc1)NC(=O)OC(C)(C)C. The van der Waals surface area contributed by atoms with Crippen molar-refractivity contribution in [2.24, 2.45) is 0 Å². The molecule has 0 spiro atoms. The number of likely N-dealkylation sites (N-methyl/N-ethyl adjacent to an activating group) is 1. The van der Waals surface area contributed by atoms with Crippen molar-refractivity contribution in [1.82, 2.24) is 25.6 Å². The molecule has 0 saturated heterocycles. The molecule has 1 atom stereocenters. The van der Waals surface area contributed by atoms with Crippen molar-refractivity contribution in [1.29, 1.82) is 0 Å². The van der Waals surface area contributed by atoms with Crippen LogP contribution in [0.4, 0.5) is 4.79 Å². The van der Waals surface area contributed by atoms with E-state index in [9.17, 15) is 9.59 Å². The van der Waals surface area contributed by atoms with Gasteiger partial charge in [0.25, 0.3) is 0 Å². The Morgan fingerprint density at radius 1 is 1.12 bits per heavy atom. The predicted molar refractivity (Wildman–Crippen MR) is 130 cm³/mol. The number of carbonyl (C=O) groups is 2. The molecule has 2 amide bonds. The molecule has 1 heterocycles. The van der Waals surface area contributed by atoms with Crippen LogP contribution in [0, 0.1) is 0 Å². The van der Waals surface area contributed by atoms with Gasteiger partial charge in [-0.05, 0) is 69.4 Å². The summed E-state index contributed by atoms with van der Waals surface area (Å²) in [7, 11) is 3.19. The molecule has 3 aromatic rings. The van der Waals surface area contributed by atoms with E-state index in [1.807, 2.05) is 47.1 Å². The Hall–Kier alpha value is -3.62. The van der Waals surface area contributed by atoms with E-state index in [0.717, 1.165) is 27.9 Å². The van der Waals surface area contributed by atoms with Gasteiger partial charge in [0.1, 0.15) is 22.9 Å². The highest BCUT2D eigenvalue weighted by atomic mass is 16.6. The van der Waals surface area contributed by atoms with E-state index in [4.69, 9.17) is 9.47 Å². The first kappa shape index (κ1) is 25.0. The van der Waals surface area contributed by atoms with Gasteiger partial charge in [-0.2, -0.15) is 0 Å². The number of aromatic nitrogens is 3. The number of rotatable bonds is 9. The van der Waals surface area contributed by atoms with E-state index < -0.39 is 17.7 Å². The first-order valence-electron chi connectivity index (χ1n) is 11.4. The van der Waals surface area contributed by atoms with Crippen molar-refractivity contribution in [3.63, 3.8) is 0 Å². The number of methoxy groups -OCH3 is 1. The van der Waals surface area contributed by atoms with Crippen molar-refractivity contribution in [2.75, 3.05) is 14.2 Å². The van der Waals surface area contributed by atoms with E-state index in [0.29, 0.717) is 25.8 Å². The first-order valence-corrected chi connectivity index (χ1v) is 11.4. The lowest BCUT2D eigenvalue weighted by atomic mass is 10.0. The van der Waals surface area contributed by atoms with Crippen LogP contribution in [0.3, 0.4) is 0 Å². The zero-order chi connectivity index (χ0) is 24.7. The van der Waals surface area contributed by atoms with Crippen LogP contribution in [0.1, 0.15) is 44.7 Å². The summed E-state index contributed by atoms with van der Waals surface area (Å²) in [4.78, 5) is 24.4. The third-order valence-electron chi connectivity index (χ3n) is 5.31. The van der Waals surface area contributed by atoms with Crippen LogP contribution in [-0.4, -0.2) is 52.8 Å². The number of benzene rings is 2. The first-order chi connectivity index (χ1) is 16.2. The van der Waals surface area contributed by atoms with E-state index in [2.05, 4.69) is 20.9 Å². The van der Waals surface area contributed by atoms with E-state index in [1.54, 1.807) is 34.9 Å². The summed E-state index contributed by atoms with van der Waals surface area (Å²) in [6.07, 6.45) is 1.24. The Kier molecular flexibility index (Phi) is 8.09. The summed E-state index contributed by atoms with van der Waals surface area (Å²) >= 11 is 0. The van der Waals surface area contributed by atoms with Gasteiger partial charge in [-0.1, -0.05) is 29.5 Å². The molecule has 3 rings (SSSR count). The summed E-state index contributed by atoms with van der Waals surface area (Å²) in [5, 5.41) is 14.0. The average molecular weight is 468 g/mol. The Morgan fingerprint density at radius 3 is 2.50 bits per heavy atom. The molecule has 2 aromatic carbocycles. The van der Waals surface area contributed by atoms with Crippen LogP contribution in [0.5, 0.6) is 5.75 Å². The second-order valence-electron chi connectivity index (χ2n) is 9.09. The minimum Gasteiger partial charge on any atom is -0.497 e. The number of ether oxygens (including phenoxy) is 2. The topological polar surface area (TPSA) is 107 Å². The second-order valence-corrected chi connectivity index (χ2v) is 9.09. The van der Waals surface area contributed by atoms with Gasteiger partial charge in [0, 0.05) is 7.05 Å². The molecule has 0 bridgehead atoms. The molecule has 0 saturated carbocycles. The van der Waals surface area contributed by atoms with Gasteiger partial charge >= 0.3 is 6.09 Å². The van der Waals surface area contributed by atoms with Crippen LogP contribution in [0.2, 0.25) is 0 Å². The highest BCUT2D eigenvalue weighted by molar-refractivity contribution is 5.85. The summed E-state index contributed by atoms with van der Waals surface area (Å²) in [5.74, 6) is 0.556. The minimum atomic E-state index is -0.676. The highest BCUT2D eigenvalue weighted by Gasteiger charge is 2.23. The molecule has 0 unspecified atom stereocenters. The number of alkyl carbamates (subject to hydrolysis) is 1. The second kappa shape index (κ2) is 11.0. The zero-order valence-corrected chi connectivity index (χ0v) is 20.4. The Morgan fingerprint density at radius 2 is 1.85 bits per heavy atom. The molecule has 9 nitrogen and oxygen atoms in total. The van der Waals surface area contributed by atoms with E-state index in [-0.39, 0.29) is 5.91 Å². The number of carbonyl (C=O) groups excluding carboxylic acids is 2. The number of aryl methyl sites for hydroxylation is 1. The maximum atomic E-state index is 12.3. The minimum absolute atomic E-state index is 0.255. The number of amides is 2. The maximum Gasteiger partial charge on any atom is 0.408 e. The summed E-state index contributed by atoms with van der Waals surface area (Å²) < 4.78 is 12.4. The number of fused-ring (bicyclic) bond motifs is 1. The van der Waals surface area contributed by atoms with Crippen molar-refractivity contribution < 1.29 is 19.1 Å². The summed E-state index contributed by atoms with van der Waals surface area (Å²) in [6.45, 7) is 5.94. The van der Waals surface area contributed by atoms with Crippen LogP contribution in [-0.2, 0) is 22.5 Å². The predicted octanol–water partition coefficient (Wildman–Crippen LogP) is 3.45. The maximum absolute atomic E-state index is 12.3. The largest absolute Gasteiger partial charge is 0.497 e. The fraction of sp³-hybridized carbons (Fsp3) is 0.440. The average Bonchev–Trinajstić information content (AvgIpc) is 3.20. The Bertz CT molecular complexity index is 1120. The molecule has 0 aliphatic heterocycles. The van der Waals surface area contributed by atoms with Gasteiger partial charge in [-0.3, -0.25) is 4.79 Å². The van der Waals surface area contributed by atoms with Crippen molar-refractivity contribution >= 4 is 23.0 Å². The molecule has 9 heteroatoms. The molecule has 0 aliphatic rings. The number of hydrogen-bond donors (Lipinski definition) is 2. The molecular weight excluding hydrogens is 434 g/mol. The molecule has 34 heavy (non-hydrogen) atoms. The molecule has 2 N–H and O–H groups in total. The normalized spacial score (nSPS) is 12.3. The molecule has 1 aromatic heterocycles. The Balaban J connectivity index is 1.66. The van der Waals surface area contributed by atoms with Crippen molar-refractivity contribution in [3.05, 3.63) is 53.6 Å². The van der Waals surface area contributed by atoms with E-state index >= 15 is 0 Å². The third-order valence-corrected chi connectivity index (χ3v) is 5.31. The highest BCUT2D eigenvalue weighted by Crippen LogP contribution is 2.20. The van der Waals surface area contributed by atoms with Crippen LogP contribution < -0.4 is 15.4 Å². The van der Waals surface area contributed by atoms with Gasteiger partial charge in [0.15, 0.2) is 0 Å². The molecule has 182 valence electrons. The number of nitrogens with one attached hydrogen (secondary N) is 2. The molecule has 0 aliphatic carbocycles. The number of hydrogen-bond acceptors (Lipinski definition) is 6. The lowest BCUT2D eigenvalue weighted by molar-refractivity contribution is -0.122.